The predicted octanol–water partition coefficient (Wildman–Crippen LogP) is 5.36. The first-order valence-electron chi connectivity index (χ1n) is 6.31. The van der Waals surface area contributed by atoms with E-state index in [2.05, 4.69) is 63.4 Å². The molecule has 0 aliphatic carbocycles. The Labute approximate surface area is 147 Å². The molecule has 2 rings (SSSR count). The van der Waals surface area contributed by atoms with Crippen LogP contribution in [0.15, 0.2) is 36.4 Å². The smallest absolute Gasteiger partial charge is 0.120 e. The van der Waals surface area contributed by atoms with Crippen LogP contribution in [0.25, 0.3) is 11.1 Å². The summed E-state index contributed by atoms with van der Waals surface area (Å²) in [4.78, 5) is 0. The van der Waals surface area contributed by atoms with Crippen molar-refractivity contribution in [3.63, 3.8) is 0 Å². The Bertz CT molecular complexity index is 609. The quantitative estimate of drug-likeness (QED) is 0.534. The lowest BCUT2D eigenvalue weighted by Crippen LogP contribution is -2.05. The Kier molecular flexibility index (Phi) is 5.54. The molecule has 0 aliphatic heterocycles. The molecule has 0 radical (unpaired) electrons. The van der Waals surface area contributed by atoms with E-state index in [0.29, 0.717) is 0 Å². The first kappa shape index (κ1) is 15.9. The van der Waals surface area contributed by atoms with Crippen LogP contribution < -0.4 is 9.47 Å². The van der Waals surface area contributed by atoms with Crippen molar-refractivity contribution in [3.05, 3.63) is 43.5 Å². The van der Waals surface area contributed by atoms with Crippen LogP contribution in [-0.2, 0) is 0 Å². The van der Waals surface area contributed by atoms with E-state index in [1.54, 1.807) is 7.11 Å². The zero-order valence-electron chi connectivity index (χ0n) is 11.6. The van der Waals surface area contributed by atoms with Crippen molar-refractivity contribution in [1.82, 2.24) is 0 Å². The molecule has 0 atom stereocenters. The molecular weight excluding hydrogens is 478 g/mol. The van der Waals surface area contributed by atoms with E-state index in [4.69, 9.17) is 9.47 Å². The zero-order chi connectivity index (χ0) is 14.7. The highest BCUT2D eigenvalue weighted by Gasteiger charge is 2.09. The van der Waals surface area contributed by atoms with Gasteiger partial charge in [0, 0.05) is 7.14 Å². The van der Waals surface area contributed by atoms with E-state index >= 15 is 0 Å². The third kappa shape index (κ3) is 3.78. The molecule has 4 heteroatoms. The Morgan fingerprint density at radius 3 is 1.80 bits per heavy atom. The molecule has 0 N–H and O–H groups in total. The molecule has 2 nitrogen and oxygen atoms in total. The van der Waals surface area contributed by atoms with Crippen molar-refractivity contribution in [2.75, 3.05) is 7.11 Å². The molecular formula is C16H16I2O2. The summed E-state index contributed by atoms with van der Waals surface area (Å²) in [6.45, 7) is 4.07. The van der Waals surface area contributed by atoms with Gasteiger partial charge in [-0.15, -0.1) is 0 Å². The van der Waals surface area contributed by atoms with Gasteiger partial charge in [0.1, 0.15) is 11.5 Å². The maximum Gasteiger partial charge on any atom is 0.120 e. The highest BCUT2D eigenvalue weighted by Crippen LogP contribution is 2.33. The maximum atomic E-state index is 5.73. The van der Waals surface area contributed by atoms with Crippen LogP contribution in [0.2, 0.25) is 0 Å². The minimum atomic E-state index is 0.192. The summed E-state index contributed by atoms with van der Waals surface area (Å²) in [5.41, 5.74) is 2.43. The zero-order valence-corrected chi connectivity index (χ0v) is 15.9. The lowest BCUT2D eigenvalue weighted by atomic mass is 10.1. The summed E-state index contributed by atoms with van der Waals surface area (Å²) in [5.74, 6) is 1.80. The number of rotatable bonds is 4. The van der Waals surface area contributed by atoms with Gasteiger partial charge in [-0.25, -0.2) is 0 Å². The summed E-state index contributed by atoms with van der Waals surface area (Å²) >= 11 is 4.70. The van der Waals surface area contributed by atoms with E-state index in [0.717, 1.165) is 11.5 Å². The highest BCUT2D eigenvalue weighted by molar-refractivity contribution is 14.1. The second-order valence-corrected chi connectivity index (χ2v) is 6.98. The van der Waals surface area contributed by atoms with Gasteiger partial charge in [0.15, 0.2) is 0 Å². The summed E-state index contributed by atoms with van der Waals surface area (Å²) in [5, 5.41) is 0. The first-order valence-corrected chi connectivity index (χ1v) is 8.47. The number of methoxy groups -OCH3 is 1. The van der Waals surface area contributed by atoms with Crippen LogP contribution in [0.1, 0.15) is 13.8 Å². The third-order valence-electron chi connectivity index (χ3n) is 2.78. The lowest BCUT2D eigenvalue weighted by molar-refractivity contribution is 0.242. The van der Waals surface area contributed by atoms with E-state index in [-0.39, 0.29) is 6.10 Å². The van der Waals surface area contributed by atoms with Crippen molar-refractivity contribution in [3.8, 4) is 22.6 Å². The predicted molar refractivity (Wildman–Crippen MR) is 99.6 cm³/mol. The Balaban J connectivity index is 2.38. The van der Waals surface area contributed by atoms with Crippen molar-refractivity contribution >= 4 is 45.2 Å². The number of ether oxygens (including phenoxy) is 2. The Hall–Kier alpha value is -0.500. The van der Waals surface area contributed by atoms with Crippen molar-refractivity contribution in [2.24, 2.45) is 0 Å². The van der Waals surface area contributed by atoms with Gasteiger partial charge >= 0.3 is 0 Å². The Morgan fingerprint density at radius 2 is 1.35 bits per heavy atom. The molecule has 2 aromatic rings. The molecule has 0 heterocycles. The maximum absolute atomic E-state index is 5.73. The fraction of sp³-hybridized carbons (Fsp3) is 0.250. The van der Waals surface area contributed by atoms with Gasteiger partial charge in [-0.3, -0.25) is 0 Å². The first-order chi connectivity index (χ1) is 9.51. The van der Waals surface area contributed by atoms with Gasteiger partial charge in [-0.05, 0) is 107 Å². The largest absolute Gasteiger partial charge is 0.497 e. The van der Waals surface area contributed by atoms with Gasteiger partial charge in [0.25, 0.3) is 0 Å². The molecule has 0 aliphatic rings. The standard InChI is InChI=1S/C16H16I2O2/c1-10(2)20-12-5-7-14(16(18)9-12)13-6-4-11(19-3)8-15(13)17/h4-10H,1-3H3. The molecule has 0 saturated heterocycles. The van der Waals surface area contributed by atoms with Crippen LogP contribution in [0.5, 0.6) is 11.5 Å². The molecule has 0 aromatic heterocycles. The molecule has 0 saturated carbocycles. The second kappa shape index (κ2) is 6.98. The second-order valence-electron chi connectivity index (χ2n) is 4.65. The minimum Gasteiger partial charge on any atom is -0.497 e. The summed E-state index contributed by atoms with van der Waals surface area (Å²) in [6.07, 6.45) is 0.192. The lowest BCUT2D eigenvalue weighted by Gasteiger charge is -2.13. The van der Waals surface area contributed by atoms with Crippen molar-refractivity contribution < 1.29 is 9.47 Å². The van der Waals surface area contributed by atoms with E-state index < -0.39 is 0 Å². The SMILES string of the molecule is COc1ccc(-c2ccc(OC(C)C)cc2I)c(I)c1. The van der Waals surface area contributed by atoms with Gasteiger partial charge < -0.3 is 9.47 Å². The van der Waals surface area contributed by atoms with Crippen LogP contribution in [-0.4, -0.2) is 13.2 Å². The number of hydrogen-bond acceptors (Lipinski definition) is 2. The number of hydrogen-bond donors (Lipinski definition) is 0. The highest BCUT2D eigenvalue weighted by atomic mass is 127. The van der Waals surface area contributed by atoms with Crippen LogP contribution in [0, 0.1) is 7.14 Å². The molecule has 0 unspecified atom stereocenters. The fourth-order valence-electron chi connectivity index (χ4n) is 1.90. The summed E-state index contributed by atoms with van der Waals surface area (Å²) in [7, 11) is 1.69. The summed E-state index contributed by atoms with van der Waals surface area (Å²) < 4.78 is 13.3. The monoisotopic (exact) mass is 494 g/mol. The molecule has 0 fully saturated rings. The van der Waals surface area contributed by atoms with Gasteiger partial charge in [-0.2, -0.15) is 0 Å². The third-order valence-corrected chi connectivity index (χ3v) is 4.56. The molecule has 2 aromatic carbocycles. The molecule has 0 spiro atoms. The van der Waals surface area contributed by atoms with E-state index in [9.17, 15) is 0 Å². The molecule has 0 bridgehead atoms. The molecule has 0 amide bonds. The summed E-state index contributed by atoms with van der Waals surface area (Å²) in [6, 6.07) is 12.4. The number of halogens is 2. The average molecular weight is 494 g/mol. The van der Waals surface area contributed by atoms with Gasteiger partial charge in [-0.1, -0.05) is 0 Å². The minimum absolute atomic E-state index is 0.192. The van der Waals surface area contributed by atoms with Gasteiger partial charge in [0.05, 0.1) is 13.2 Å². The average Bonchev–Trinajstić information content (AvgIpc) is 2.39. The fourth-order valence-corrected chi connectivity index (χ4v) is 3.46. The van der Waals surface area contributed by atoms with E-state index in [1.165, 1.54) is 18.3 Å². The van der Waals surface area contributed by atoms with Crippen molar-refractivity contribution in [2.45, 2.75) is 20.0 Å². The molecule has 20 heavy (non-hydrogen) atoms. The topological polar surface area (TPSA) is 18.5 Å². The van der Waals surface area contributed by atoms with E-state index in [1.807, 2.05) is 32.0 Å². The molecule has 106 valence electrons. The van der Waals surface area contributed by atoms with Crippen LogP contribution in [0.3, 0.4) is 0 Å². The van der Waals surface area contributed by atoms with Crippen molar-refractivity contribution in [1.29, 1.82) is 0 Å². The normalized spacial score (nSPS) is 10.7. The van der Waals surface area contributed by atoms with Crippen LogP contribution >= 0.6 is 45.2 Å². The van der Waals surface area contributed by atoms with Crippen LogP contribution in [0.4, 0.5) is 0 Å². The number of benzene rings is 2. The Morgan fingerprint density at radius 1 is 0.850 bits per heavy atom. The van der Waals surface area contributed by atoms with Gasteiger partial charge in [0.2, 0.25) is 0 Å².